The van der Waals surface area contributed by atoms with Gasteiger partial charge in [-0.15, -0.1) is 0 Å². The lowest BCUT2D eigenvalue weighted by atomic mass is 9.94. The Balaban J connectivity index is 1.61. The monoisotopic (exact) mass is 536 g/mol. The summed E-state index contributed by atoms with van der Waals surface area (Å²) in [6.07, 6.45) is 2.92. The molecule has 0 fully saturated rings. The lowest BCUT2D eigenvalue weighted by Gasteiger charge is -2.13. The Morgan fingerprint density at radius 1 is 0.800 bits per heavy atom. The van der Waals surface area contributed by atoms with Crippen LogP contribution in [0.1, 0.15) is 30.5 Å². The number of fused-ring (bicyclic) bond motifs is 1. The maximum atomic E-state index is 12.2. The average molecular weight is 537 g/mol. The molecule has 1 aliphatic rings. The summed E-state index contributed by atoms with van der Waals surface area (Å²) >= 11 is 0. The third-order valence-electron chi connectivity index (χ3n) is 6.72. The number of esters is 3. The molecule has 0 spiro atoms. The minimum atomic E-state index is -0.571. The van der Waals surface area contributed by atoms with Crippen molar-refractivity contribution in [3.8, 4) is 33.8 Å². The molecule has 0 saturated heterocycles. The van der Waals surface area contributed by atoms with E-state index in [1.54, 1.807) is 26.0 Å². The van der Waals surface area contributed by atoms with Gasteiger partial charge in [-0.1, -0.05) is 56.1 Å². The van der Waals surface area contributed by atoms with E-state index in [1.165, 1.54) is 23.3 Å². The average Bonchev–Trinajstić information content (AvgIpc) is 3.33. The molecular weight excluding hydrogens is 504 g/mol. The van der Waals surface area contributed by atoms with E-state index in [-0.39, 0.29) is 28.6 Å². The van der Waals surface area contributed by atoms with E-state index in [0.717, 1.165) is 40.7 Å². The van der Waals surface area contributed by atoms with Crippen LogP contribution in [-0.4, -0.2) is 24.5 Å². The molecule has 204 valence electrons. The second-order valence-corrected chi connectivity index (χ2v) is 10.2. The number of benzene rings is 3. The highest BCUT2D eigenvalue weighted by Crippen LogP contribution is 2.36. The van der Waals surface area contributed by atoms with E-state index < -0.39 is 17.9 Å². The minimum absolute atomic E-state index is 0.240. The number of rotatable bonds is 9. The van der Waals surface area contributed by atoms with Crippen LogP contribution in [-0.2, 0) is 32.0 Å². The molecule has 0 amide bonds. The van der Waals surface area contributed by atoms with Crippen molar-refractivity contribution >= 4 is 17.9 Å². The van der Waals surface area contributed by atoms with E-state index in [4.69, 9.17) is 14.2 Å². The highest BCUT2D eigenvalue weighted by molar-refractivity contribution is 5.90. The van der Waals surface area contributed by atoms with Crippen LogP contribution in [0.3, 0.4) is 0 Å². The summed E-state index contributed by atoms with van der Waals surface area (Å²) in [7, 11) is 0. The number of ether oxygens (including phenoxy) is 3. The lowest BCUT2D eigenvalue weighted by molar-refractivity contribution is -0.139. The van der Waals surface area contributed by atoms with Crippen LogP contribution >= 0.6 is 0 Å². The van der Waals surface area contributed by atoms with Crippen molar-refractivity contribution in [3.63, 3.8) is 0 Å². The zero-order chi connectivity index (χ0) is 29.0. The summed E-state index contributed by atoms with van der Waals surface area (Å²) in [4.78, 5) is 35.8. The topological polar surface area (TPSA) is 78.9 Å². The fraction of sp³-hybridized carbons (Fsp3) is 0.206. The van der Waals surface area contributed by atoms with Crippen molar-refractivity contribution in [3.05, 3.63) is 108 Å². The number of hydrogen-bond donors (Lipinski definition) is 0. The Bertz CT molecular complexity index is 1500. The fourth-order valence-corrected chi connectivity index (χ4v) is 4.67. The van der Waals surface area contributed by atoms with Crippen LogP contribution in [0.5, 0.6) is 11.5 Å². The first-order chi connectivity index (χ1) is 19.0. The second-order valence-electron chi connectivity index (χ2n) is 10.2. The van der Waals surface area contributed by atoms with Gasteiger partial charge in [-0.05, 0) is 84.7 Å². The van der Waals surface area contributed by atoms with Gasteiger partial charge in [0.2, 0.25) is 0 Å². The molecule has 4 rings (SSSR count). The molecule has 0 saturated carbocycles. The van der Waals surface area contributed by atoms with E-state index in [1.807, 2.05) is 19.1 Å². The Kier molecular flexibility index (Phi) is 8.49. The van der Waals surface area contributed by atoms with E-state index >= 15 is 0 Å². The molecule has 1 unspecified atom stereocenters. The van der Waals surface area contributed by atoms with Crippen molar-refractivity contribution in [2.75, 3.05) is 6.61 Å². The standard InChI is InChI=1S/C34H32O6/c1-7-32(35)38-19-23-13-25-8-9-26(15-27(25)14-23)31-11-10-24(12-22(31)6)28-16-29(39-33(36)20(2)3)18-30(17-28)40-34(37)21(4)5/h7-12,15-18,23H,1-2,4,13-14,19H2,3,5-6H3. The zero-order valence-electron chi connectivity index (χ0n) is 23.0. The van der Waals surface area contributed by atoms with Crippen LogP contribution in [0.2, 0.25) is 0 Å². The molecule has 0 aromatic heterocycles. The summed E-state index contributed by atoms with van der Waals surface area (Å²) in [5.74, 6) is -0.797. The van der Waals surface area contributed by atoms with Crippen molar-refractivity contribution in [1.82, 2.24) is 0 Å². The van der Waals surface area contributed by atoms with Crippen molar-refractivity contribution in [1.29, 1.82) is 0 Å². The van der Waals surface area contributed by atoms with Gasteiger partial charge in [0, 0.05) is 29.2 Å². The van der Waals surface area contributed by atoms with Crippen LogP contribution in [0.25, 0.3) is 22.3 Å². The first-order valence-electron chi connectivity index (χ1n) is 13.0. The molecule has 0 aliphatic heterocycles. The summed E-state index contributed by atoms with van der Waals surface area (Å²) < 4.78 is 16.2. The smallest absolute Gasteiger partial charge is 0.338 e. The molecule has 0 radical (unpaired) electrons. The van der Waals surface area contributed by atoms with Gasteiger partial charge in [0.25, 0.3) is 0 Å². The summed E-state index contributed by atoms with van der Waals surface area (Å²) in [5.41, 5.74) is 7.88. The molecule has 0 N–H and O–H groups in total. The number of hydrogen-bond acceptors (Lipinski definition) is 6. The molecule has 0 heterocycles. The predicted molar refractivity (Wildman–Crippen MR) is 155 cm³/mol. The minimum Gasteiger partial charge on any atom is -0.462 e. The van der Waals surface area contributed by atoms with Gasteiger partial charge in [-0.3, -0.25) is 0 Å². The van der Waals surface area contributed by atoms with Crippen LogP contribution < -0.4 is 9.47 Å². The number of aryl methyl sites for hydroxylation is 1. The highest BCUT2D eigenvalue weighted by Gasteiger charge is 2.23. The van der Waals surface area contributed by atoms with E-state index in [9.17, 15) is 14.4 Å². The van der Waals surface area contributed by atoms with Gasteiger partial charge < -0.3 is 14.2 Å². The second kappa shape index (κ2) is 12.0. The van der Waals surface area contributed by atoms with Gasteiger partial charge in [-0.2, -0.15) is 0 Å². The molecule has 6 heteroatoms. The molecule has 1 atom stereocenters. The molecule has 0 bridgehead atoms. The van der Waals surface area contributed by atoms with Gasteiger partial charge in [0.05, 0.1) is 6.61 Å². The van der Waals surface area contributed by atoms with Gasteiger partial charge >= 0.3 is 17.9 Å². The summed E-state index contributed by atoms with van der Waals surface area (Å²) in [5, 5.41) is 0. The Hall–Kier alpha value is -4.71. The van der Waals surface area contributed by atoms with Crippen molar-refractivity contribution in [2.45, 2.75) is 33.6 Å². The molecular formula is C34H32O6. The largest absolute Gasteiger partial charge is 0.462 e. The predicted octanol–water partition coefficient (Wildman–Crippen LogP) is 6.74. The van der Waals surface area contributed by atoms with Crippen LogP contribution in [0.4, 0.5) is 0 Å². The van der Waals surface area contributed by atoms with E-state index in [2.05, 4.69) is 44.0 Å². The normalized spacial score (nSPS) is 13.6. The molecule has 1 aliphatic carbocycles. The molecule has 40 heavy (non-hydrogen) atoms. The van der Waals surface area contributed by atoms with Gasteiger partial charge in [0.15, 0.2) is 0 Å². The van der Waals surface area contributed by atoms with Crippen molar-refractivity contribution < 1.29 is 28.6 Å². The molecule has 6 nitrogen and oxygen atoms in total. The summed E-state index contributed by atoms with van der Waals surface area (Å²) in [6.45, 7) is 16.2. The Morgan fingerprint density at radius 2 is 1.40 bits per heavy atom. The number of carbonyl (C=O) groups is 3. The third kappa shape index (κ3) is 6.64. The molecule has 3 aromatic carbocycles. The summed E-state index contributed by atoms with van der Waals surface area (Å²) in [6, 6.07) is 17.5. The lowest BCUT2D eigenvalue weighted by Crippen LogP contribution is -2.12. The zero-order valence-corrected chi connectivity index (χ0v) is 23.0. The number of carbonyl (C=O) groups excluding carboxylic acids is 3. The fourth-order valence-electron chi connectivity index (χ4n) is 4.67. The van der Waals surface area contributed by atoms with Crippen LogP contribution in [0, 0.1) is 12.8 Å². The first-order valence-corrected chi connectivity index (χ1v) is 13.0. The Morgan fingerprint density at radius 3 is 1.98 bits per heavy atom. The third-order valence-corrected chi connectivity index (χ3v) is 6.72. The SMILES string of the molecule is C=CC(=O)OCC1Cc2ccc(-c3ccc(-c4cc(OC(=O)C(=C)C)cc(OC(=O)C(=C)C)c4)cc3C)cc2C1. The maximum absolute atomic E-state index is 12.2. The maximum Gasteiger partial charge on any atom is 0.338 e. The van der Waals surface area contributed by atoms with Crippen molar-refractivity contribution in [2.24, 2.45) is 5.92 Å². The Labute approximate surface area is 234 Å². The molecule has 3 aromatic rings. The van der Waals surface area contributed by atoms with Gasteiger partial charge in [0.1, 0.15) is 11.5 Å². The highest BCUT2D eigenvalue weighted by atomic mass is 16.5. The van der Waals surface area contributed by atoms with Crippen LogP contribution in [0.15, 0.2) is 91.6 Å². The quantitative estimate of drug-likeness (QED) is 0.171. The first kappa shape index (κ1) is 28.3. The van der Waals surface area contributed by atoms with E-state index in [0.29, 0.717) is 6.61 Å². The van der Waals surface area contributed by atoms with Gasteiger partial charge in [-0.25, -0.2) is 14.4 Å².